The maximum atomic E-state index is 5.63. The molecule has 5 nitrogen and oxygen atoms in total. The SMILES string of the molecule is CC(N)c1nnc(CC2CCCCO2)o1. The third-order valence-electron chi connectivity index (χ3n) is 2.55. The minimum Gasteiger partial charge on any atom is -0.423 e. The van der Waals surface area contributed by atoms with Crippen LogP contribution in [0.3, 0.4) is 0 Å². The van der Waals surface area contributed by atoms with E-state index in [4.69, 9.17) is 14.9 Å². The summed E-state index contributed by atoms with van der Waals surface area (Å²) in [5, 5.41) is 7.84. The molecule has 1 aromatic rings. The molecule has 0 bridgehead atoms. The monoisotopic (exact) mass is 211 g/mol. The van der Waals surface area contributed by atoms with Gasteiger partial charge in [0.1, 0.15) is 0 Å². The van der Waals surface area contributed by atoms with E-state index in [2.05, 4.69) is 10.2 Å². The van der Waals surface area contributed by atoms with Crippen molar-refractivity contribution in [1.29, 1.82) is 0 Å². The van der Waals surface area contributed by atoms with Crippen molar-refractivity contribution < 1.29 is 9.15 Å². The first kappa shape index (κ1) is 10.6. The first-order valence-corrected chi connectivity index (χ1v) is 5.45. The van der Waals surface area contributed by atoms with Crippen molar-refractivity contribution >= 4 is 0 Å². The van der Waals surface area contributed by atoms with Gasteiger partial charge in [0.05, 0.1) is 18.6 Å². The van der Waals surface area contributed by atoms with Crippen molar-refractivity contribution in [3.63, 3.8) is 0 Å². The molecular formula is C10H17N3O2. The number of hydrogen-bond donors (Lipinski definition) is 1. The fourth-order valence-electron chi connectivity index (χ4n) is 1.70. The molecular weight excluding hydrogens is 194 g/mol. The van der Waals surface area contributed by atoms with Gasteiger partial charge in [0, 0.05) is 6.61 Å². The fourth-order valence-corrected chi connectivity index (χ4v) is 1.70. The average Bonchev–Trinajstić information content (AvgIpc) is 2.68. The minimum atomic E-state index is -0.196. The molecule has 1 saturated heterocycles. The normalized spacial score (nSPS) is 24.0. The molecule has 0 radical (unpaired) electrons. The van der Waals surface area contributed by atoms with E-state index in [0.717, 1.165) is 19.4 Å². The molecule has 2 heterocycles. The molecule has 1 aromatic heterocycles. The van der Waals surface area contributed by atoms with Crippen molar-refractivity contribution in [3.8, 4) is 0 Å². The summed E-state index contributed by atoms with van der Waals surface area (Å²) >= 11 is 0. The Bertz CT molecular complexity index is 305. The molecule has 0 aliphatic carbocycles. The summed E-state index contributed by atoms with van der Waals surface area (Å²) in [6.45, 7) is 2.67. The topological polar surface area (TPSA) is 74.2 Å². The highest BCUT2D eigenvalue weighted by Crippen LogP contribution is 2.17. The van der Waals surface area contributed by atoms with Gasteiger partial charge in [-0.25, -0.2) is 0 Å². The molecule has 0 spiro atoms. The summed E-state index contributed by atoms with van der Waals surface area (Å²) in [5.41, 5.74) is 5.63. The largest absolute Gasteiger partial charge is 0.423 e. The highest BCUT2D eigenvalue weighted by atomic mass is 16.5. The van der Waals surface area contributed by atoms with E-state index in [1.54, 1.807) is 0 Å². The third kappa shape index (κ3) is 2.76. The second-order valence-corrected chi connectivity index (χ2v) is 4.02. The Morgan fingerprint density at radius 3 is 2.93 bits per heavy atom. The van der Waals surface area contributed by atoms with Crippen molar-refractivity contribution in [1.82, 2.24) is 10.2 Å². The van der Waals surface area contributed by atoms with Crippen molar-refractivity contribution in [3.05, 3.63) is 11.8 Å². The zero-order chi connectivity index (χ0) is 10.7. The minimum absolute atomic E-state index is 0.196. The molecule has 1 fully saturated rings. The molecule has 1 aliphatic rings. The maximum Gasteiger partial charge on any atom is 0.232 e. The van der Waals surface area contributed by atoms with E-state index >= 15 is 0 Å². The summed E-state index contributed by atoms with van der Waals surface area (Å²) in [5.74, 6) is 1.13. The summed E-state index contributed by atoms with van der Waals surface area (Å²) < 4.78 is 11.0. The zero-order valence-electron chi connectivity index (χ0n) is 8.98. The molecule has 5 heteroatoms. The van der Waals surface area contributed by atoms with Crippen LogP contribution in [-0.4, -0.2) is 22.9 Å². The van der Waals surface area contributed by atoms with E-state index in [1.165, 1.54) is 6.42 Å². The number of nitrogens with zero attached hydrogens (tertiary/aromatic N) is 2. The first-order chi connectivity index (χ1) is 7.25. The molecule has 2 unspecified atom stereocenters. The van der Waals surface area contributed by atoms with Crippen LogP contribution >= 0.6 is 0 Å². The molecule has 84 valence electrons. The highest BCUT2D eigenvalue weighted by molar-refractivity contribution is 4.88. The number of rotatable bonds is 3. The summed E-state index contributed by atoms with van der Waals surface area (Å²) in [6.07, 6.45) is 4.40. The smallest absolute Gasteiger partial charge is 0.232 e. The van der Waals surface area contributed by atoms with Crippen LogP contribution in [0.25, 0.3) is 0 Å². The van der Waals surface area contributed by atoms with Gasteiger partial charge < -0.3 is 14.9 Å². The lowest BCUT2D eigenvalue weighted by atomic mass is 10.1. The van der Waals surface area contributed by atoms with Crippen LogP contribution in [-0.2, 0) is 11.2 Å². The predicted octanol–water partition coefficient (Wildman–Crippen LogP) is 1.20. The van der Waals surface area contributed by atoms with Gasteiger partial charge in [0.15, 0.2) is 0 Å². The first-order valence-electron chi connectivity index (χ1n) is 5.45. The molecule has 2 atom stereocenters. The number of nitrogens with two attached hydrogens (primary N) is 1. The highest BCUT2D eigenvalue weighted by Gasteiger charge is 2.18. The van der Waals surface area contributed by atoms with E-state index in [0.29, 0.717) is 18.2 Å². The van der Waals surface area contributed by atoms with E-state index in [1.807, 2.05) is 6.92 Å². The molecule has 15 heavy (non-hydrogen) atoms. The van der Waals surface area contributed by atoms with Crippen molar-refractivity contribution in [2.24, 2.45) is 5.73 Å². The van der Waals surface area contributed by atoms with Gasteiger partial charge in [0.25, 0.3) is 0 Å². The van der Waals surface area contributed by atoms with Crippen molar-refractivity contribution in [2.45, 2.75) is 44.8 Å². The predicted molar refractivity (Wildman–Crippen MR) is 54.2 cm³/mol. The van der Waals surface area contributed by atoms with E-state index < -0.39 is 0 Å². The van der Waals surface area contributed by atoms with Gasteiger partial charge in [0.2, 0.25) is 11.8 Å². The van der Waals surface area contributed by atoms with Crippen molar-refractivity contribution in [2.75, 3.05) is 6.61 Å². The van der Waals surface area contributed by atoms with Crippen LogP contribution in [0.15, 0.2) is 4.42 Å². The fraction of sp³-hybridized carbons (Fsp3) is 0.800. The molecule has 0 saturated carbocycles. The average molecular weight is 211 g/mol. The number of aromatic nitrogens is 2. The van der Waals surface area contributed by atoms with E-state index in [9.17, 15) is 0 Å². The van der Waals surface area contributed by atoms with Gasteiger partial charge in [-0.15, -0.1) is 10.2 Å². The molecule has 0 amide bonds. The lowest BCUT2D eigenvalue weighted by Gasteiger charge is -2.20. The van der Waals surface area contributed by atoms with Crippen LogP contribution in [0, 0.1) is 0 Å². The molecule has 2 N–H and O–H groups in total. The van der Waals surface area contributed by atoms with Crippen LogP contribution in [0.4, 0.5) is 0 Å². The molecule has 2 rings (SSSR count). The van der Waals surface area contributed by atoms with Crippen LogP contribution in [0.5, 0.6) is 0 Å². The lowest BCUT2D eigenvalue weighted by Crippen LogP contribution is -2.21. The second kappa shape index (κ2) is 4.72. The Labute approximate surface area is 89.0 Å². The zero-order valence-corrected chi connectivity index (χ0v) is 8.98. The number of ether oxygens (including phenoxy) is 1. The standard InChI is InChI=1S/C10H17N3O2/c1-7(11)10-13-12-9(15-10)6-8-4-2-3-5-14-8/h7-8H,2-6,11H2,1H3. The Morgan fingerprint density at radius 2 is 2.33 bits per heavy atom. The molecule has 1 aliphatic heterocycles. The Morgan fingerprint density at radius 1 is 1.47 bits per heavy atom. The summed E-state index contributed by atoms with van der Waals surface area (Å²) in [4.78, 5) is 0. The quantitative estimate of drug-likeness (QED) is 0.813. The Kier molecular flexibility index (Phi) is 3.33. The van der Waals surface area contributed by atoms with Crippen LogP contribution < -0.4 is 5.73 Å². The number of hydrogen-bond acceptors (Lipinski definition) is 5. The summed E-state index contributed by atoms with van der Waals surface area (Å²) in [7, 11) is 0. The van der Waals surface area contributed by atoms with Crippen LogP contribution in [0.1, 0.15) is 44.0 Å². The third-order valence-corrected chi connectivity index (χ3v) is 2.55. The lowest BCUT2D eigenvalue weighted by molar-refractivity contribution is 0.0130. The molecule has 0 aromatic carbocycles. The summed E-state index contributed by atoms with van der Waals surface area (Å²) in [6, 6.07) is -0.196. The van der Waals surface area contributed by atoms with Gasteiger partial charge in [-0.2, -0.15) is 0 Å². The Hall–Kier alpha value is -0.940. The van der Waals surface area contributed by atoms with Gasteiger partial charge in [-0.05, 0) is 26.2 Å². The van der Waals surface area contributed by atoms with E-state index in [-0.39, 0.29) is 12.1 Å². The second-order valence-electron chi connectivity index (χ2n) is 4.02. The maximum absolute atomic E-state index is 5.63. The van der Waals surface area contributed by atoms with Gasteiger partial charge >= 0.3 is 0 Å². The van der Waals surface area contributed by atoms with Gasteiger partial charge in [-0.3, -0.25) is 0 Å². The Balaban J connectivity index is 1.91. The van der Waals surface area contributed by atoms with Crippen LogP contribution in [0.2, 0.25) is 0 Å². The van der Waals surface area contributed by atoms with Gasteiger partial charge in [-0.1, -0.05) is 0 Å².